The maximum absolute atomic E-state index is 12.2. The number of hydrogen-bond acceptors (Lipinski definition) is 3. The Labute approximate surface area is 123 Å². The minimum absolute atomic E-state index is 0.0425. The number of rotatable bonds is 3. The normalized spacial score (nSPS) is 18.7. The summed E-state index contributed by atoms with van der Waals surface area (Å²) in [6.45, 7) is 1.17. The number of hydrogen-bond donors (Lipinski definition) is 0. The van der Waals surface area contributed by atoms with Crippen molar-refractivity contribution >= 4 is 23.5 Å². The van der Waals surface area contributed by atoms with Crippen LogP contribution in [-0.2, 0) is 20.7 Å². The van der Waals surface area contributed by atoms with Crippen molar-refractivity contribution in [1.82, 2.24) is 4.90 Å². The number of methoxy groups -OCH3 is 1. The van der Waals surface area contributed by atoms with Gasteiger partial charge < -0.3 is 9.64 Å². The molecular weight excluding hydrogens is 278 g/mol. The van der Waals surface area contributed by atoms with Crippen molar-refractivity contribution in [1.29, 1.82) is 0 Å². The highest BCUT2D eigenvalue weighted by Gasteiger charge is 2.28. The second-order valence-corrected chi connectivity index (χ2v) is 5.44. The van der Waals surface area contributed by atoms with E-state index in [0.717, 1.165) is 18.4 Å². The van der Waals surface area contributed by atoms with Crippen molar-refractivity contribution in [3.63, 3.8) is 0 Å². The predicted molar refractivity (Wildman–Crippen MR) is 76.5 cm³/mol. The number of piperidine rings is 1. The van der Waals surface area contributed by atoms with Crippen LogP contribution >= 0.6 is 11.6 Å². The molecule has 108 valence electrons. The molecule has 0 radical (unpaired) electrons. The van der Waals surface area contributed by atoms with Crippen LogP contribution in [0.3, 0.4) is 0 Å². The van der Waals surface area contributed by atoms with Crippen LogP contribution in [0.25, 0.3) is 0 Å². The van der Waals surface area contributed by atoms with Crippen LogP contribution in [0.1, 0.15) is 18.4 Å². The SMILES string of the molecule is COC(=O)[C@@H]1CCCN(C(=O)Cc2ccc(Cl)cc2)C1. The number of amides is 1. The first-order chi connectivity index (χ1) is 9.60. The van der Waals surface area contributed by atoms with E-state index in [2.05, 4.69) is 0 Å². The average molecular weight is 296 g/mol. The summed E-state index contributed by atoms with van der Waals surface area (Å²) in [4.78, 5) is 25.6. The third kappa shape index (κ3) is 3.73. The molecule has 1 aromatic carbocycles. The first-order valence-corrected chi connectivity index (χ1v) is 7.08. The van der Waals surface area contributed by atoms with E-state index in [-0.39, 0.29) is 17.8 Å². The van der Waals surface area contributed by atoms with E-state index >= 15 is 0 Å². The molecule has 0 saturated carbocycles. The van der Waals surface area contributed by atoms with Gasteiger partial charge in [-0.25, -0.2) is 0 Å². The first-order valence-electron chi connectivity index (χ1n) is 6.70. The van der Waals surface area contributed by atoms with Crippen LogP contribution in [0.2, 0.25) is 5.02 Å². The van der Waals surface area contributed by atoms with E-state index in [1.807, 2.05) is 12.1 Å². The number of nitrogens with zero attached hydrogens (tertiary/aromatic N) is 1. The highest BCUT2D eigenvalue weighted by molar-refractivity contribution is 6.30. The van der Waals surface area contributed by atoms with Gasteiger partial charge in [0.1, 0.15) is 0 Å². The molecular formula is C15H18ClNO3. The smallest absolute Gasteiger partial charge is 0.310 e. The molecule has 5 heteroatoms. The lowest BCUT2D eigenvalue weighted by molar-refractivity contribution is -0.148. The Morgan fingerprint density at radius 3 is 2.70 bits per heavy atom. The zero-order valence-corrected chi connectivity index (χ0v) is 12.2. The maximum Gasteiger partial charge on any atom is 0.310 e. The summed E-state index contributed by atoms with van der Waals surface area (Å²) in [6, 6.07) is 7.25. The van der Waals surface area contributed by atoms with Gasteiger partial charge in [0, 0.05) is 18.1 Å². The molecule has 0 aliphatic carbocycles. The van der Waals surface area contributed by atoms with Crippen LogP contribution in [0.5, 0.6) is 0 Å². The van der Waals surface area contributed by atoms with Gasteiger partial charge in [0.25, 0.3) is 0 Å². The summed E-state index contributed by atoms with van der Waals surface area (Å²) in [5.41, 5.74) is 0.930. The van der Waals surface area contributed by atoms with Crippen LogP contribution in [0.4, 0.5) is 0 Å². The third-order valence-corrected chi connectivity index (χ3v) is 3.83. The molecule has 1 aliphatic heterocycles. The molecule has 1 heterocycles. The van der Waals surface area contributed by atoms with E-state index in [1.54, 1.807) is 17.0 Å². The fraction of sp³-hybridized carbons (Fsp3) is 0.467. The summed E-state index contributed by atoms with van der Waals surface area (Å²) in [5.74, 6) is -0.377. The third-order valence-electron chi connectivity index (χ3n) is 3.58. The molecule has 1 saturated heterocycles. The highest BCUT2D eigenvalue weighted by Crippen LogP contribution is 2.19. The lowest BCUT2D eigenvalue weighted by Gasteiger charge is -2.31. The van der Waals surface area contributed by atoms with Gasteiger partial charge in [-0.3, -0.25) is 9.59 Å². The Morgan fingerprint density at radius 2 is 2.05 bits per heavy atom. The Balaban J connectivity index is 1.95. The van der Waals surface area contributed by atoms with Crippen molar-refractivity contribution in [2.24, 2.45) is 5.92 Å². The van der Waals surface area contributed by atoms with Crippen molar-refractivity contribution < 1.29 is 14.3 Å². The maximum atomic E-state index is 12.2. The van der Waals surface area contributed by atoms with E-state index in [1.165, 1.54) is 7.11 Å². The summed E-state index contributed by atoms with van der Waals surface area (Å²) in [5, 5.41) is 0.657. The quantitative estimate of drug-likeness (QED) is 0.804. The van der Waals surface area contributed by atoms with Gasteiger partial charge in [0.2, 0.25) is 5.91 Å². The molecule has 1 aromatic rings. The predicted octanol–water partition coefficient (Wildman–Crippen LogP) is 2.29. The Bertz CT molecular complexity index is 486. The molecule has 1 atom stereocenters. The Hall–Kier alpha value is -1.55. The van der Waals surface area contributed by atoms with Crippen LogP contribution in [-0.4, -0.2) is 37.0 Å². The summed E-state index contributed by atoms with van der Waals surface area (Å²) >= 11 is 5.82. The number of esters is 1. The van der Waals surface area contributed by atoms with E-state index in [0.29, 0.717) is 24.5 Å². The average Bonchev–Trinajstić information content (AvgIpc) is 2.49. The zero-order chi connectivity index (χ0) is 14.5. The molecule has 0 spiro atoms. The standard InChI is InChI=1S/C15H18ClNO3/c1-20-15(19)12-3-2-8-17(10-12)14(18)9-11-4-6-13(16)7-5-11/h4-7,12H,2-3,8-10H2,1H3/t12-/m1/s1. The monoisotopic (exact) mass is 295 g/mol. The molecule has 0 bridgehead atoms. The largest absolute Gasteiger partial charge is 0.469 e. The number of benzene rings is 1. The van der Waals surface area contributed by atoms with Crippen molar-refractivity contribution in [3.8, 4) is 0 Å². The summed E-state index contributed by atoms with van der Waals surface area (Å²) < 4.78 is 4.76. The topological polar surface area (TPSA) is 46.6 Å². The number of ether oxygens (including phenoxy) is 1. The van der Waals surface area contributed by atoms with Gasteiger partial charge in [0.05, 0.1) is 19.4 Å². The van der Waals surface area contributed by atoms with Gasteiger partial charge in [-0.05, 0) is 30.5 Å². The van der Waals surface area contributed by atoms with E-state index in [9.17, 15) is 9.59 Å². The molecule has 0 unspecified atom stereocenters. The van der Waals surface area contributed by atoms with E-state index < -0.39 is 0 Å². The zero-order valence-electron chi connectivity index (χ0n) is 11.5. The van der Waals surface area contributed by atoms with Gasteiger partial charge in [0.15, 0.2) is 0 Å². The van der Waals surface area contributed by atoms with Gasteiger partial charge in [-0.2, -0.15) is 0 Å². The van der Waals surface area contributed by atoms with Crippen molar-refractivity contribution in [3.05, 3.63) is 34.9 Å². The fourth-order valence-corrected chi connectivity index (χ4v) is 2.58. The van der Waals surface area contributed by atoms with Gasteiger partial charge in [-0.15, -0.1) is 0 Å². The van der Waals surface area contributed by atoms with Crippen LogP contribution in [0, 0.1) is 5.92 Å². The summed E-state index contributed by atoms with van der Waals surface area (Å²) in [6.07, 6.45) is 1.97. The molecule has 0 aromatic heterocycles. The minimum Gasteiger partial charge on any atom is -0.469 e. The second kappa shape index (κ2) is 6.75. The van der Waals surface area contributed by atoms with Crippen molar-refractivity contribution in [2.75, 3.05) is 20.2 Å². The molecule has 1 fully saturated rings. The number of likely N-dealkylation sites (tertiary alicyclic amines) is 1. The minimum atomic E-state index is -0.228. The molecule has 20 heavy (non-hydrogen) atoms. The summed E-state index contributed by atoms with van der Waals surface area (Å²) in [7, 11) is 1.39. The van der Waals surface area contributed by atoms with Gasteiger partial charge in [-0.1, -0.05) is 23.7 Å². The fourth-order valence-electron chi connectivity index (χ4n) is 2.45. The molecule has 1 amide bonds. The Morgan fingerprint density at radius 1 is 1.35 bits per heavy atom. The van der Waals surface area contributed by atoms with Crippen LogP contribution in [0.15, 0.2) is 24.3 Å². The lowest BCUT2D eigenvalue weighted by Crippen LogP contribution is -2.43. The lowest BCUT2D eigenvalue weighted by atomic mass is 9.97. The molecule has 0 N–H and O–H groups in total. The number of carbonyl (C=O) groups excluding carboxylic acids is 2. The second-order valence-electron chi connectivity index (χ2n) is 5.01. The number of carbonyl (C=O) groups is 2. The molecule has 4 nitrogen and oxygen atoms in total. The van der Waals surface area contributed by atoms with Gasteiger partial charge >= 0.3 is 5.97 Å². The Kier molecular flexibility index (Phi) is 5.01. The molecule has 1 aliphatic rings. The highest BCUT2D eigenvalue weighted by atomic mass is 35.5. The van der Waals surface area contributed by atoms with Crippen molar-refractivity contribution in [2.45, 2.75) is 19.3 Å². The van der Waals surface area contributed by atoms with Crippen LogP contribution < -0.4 is 0 Å². The first kappa shape index (κ1) is 14.9. The number of halogens is 1. The molecule has 2 rings (SSSR count). The van der Waals surface area contributed by atoms with E-state index in [4.69, 9.17) is 16.3 Å².